The fourth-order valence-corrected chi connectivity index (χ4v) is 4.90. The summed E-state index contributed by atoms with van der Waals surface area (Å²) in [5.74, 6) is 0.853. The summed E-state index contributed by atoms with van der Waals surface area (Å²) in [5.41, 5.74) is 2.19. The first-order valence-corrected chi connectivity index (χ1v) is 9.56. The molecule has 0 bridgehead atoms. The van der Waals surface area contributed by atoms with Crippen molar-refractivity contribution in [2.24, 2.45) is 11.3 Å². The van der Waals surface area contributed by atoms with E-state index in [1.165, 1.54) is 5.69 Å². The van der Waals surface area contributed by atoms with Crippen molar-refractivity contribution in [2.45, 2.75) is 70.3 Å². The lowest BCUT2D eigenvalue weighted by Crippen LogP contribution is -2.65. The molecule has 1 aliphatic heterocycles. The van der Waals surface area contributed by atoms with E-state index in [2.05, 4.69) is 39.0 Å². The summed E-state index contributed by atoms with van der Waals surface area (Å²) in [6.07, 6.45) is 3.56. The van der Waals surface area contributed by atoms with Crippen LogP contribution in [0, 0.1) is 11.3 Å². The van der Waals surface area contributed by atoms with Crippen LogP contribution in [-0.2, 0) is 10.2 Å². The van der Waals surface area contributed by atoms with Crippen molar-refractivity contribution in [3.05, 3.63) is 29.6 Å². The number of rotatable bonds is 2. The number of hydrogen-bond donors (Lipinski definition) is 1. The maximum Gasteiger partial charge on any atom is 0.225 e. The lowest BCUT2D eigenvalue weighted by atomic mass is 9.56. The van der Waals surface area contributed by atoms with E-state index in [1.54, 1.807) is 0 Å². The summed E-state index contributed by atoms with van der Waals surface area (Å²) in [4.78, 5) is 19.3. The smallest absolute Gasteiger partial charge is 0.225 e. The quantitative estimate of drug-likeness (QED) is 0.898. The molecule has 1 aromatic heterocycles. The van der Waals surface area contributed by atoms with E-state index in [1.807, 2.05) is 11.8 Å². The number of nitrogens with zero attached hydrogens (tertiary/aromatic N) is 2. The Morgan fingerprint density at radius 3 is 2.40 bits per heavy atom. The lowest BCUT2D eigenvalue weighted by Gasteiger charge is -2.60. The number of carbonyl (C=O) groups excluding carboxylic acids is 1. The number of likely N-dealkylation sites (tertiary alicyclic amines) is 1. The Bertz CT molecular complexity index is 682. The molecule has 25 heavy (non-hydrogen) atoms. The first-order chi connectivity index (χ1) is 11.6. The highest BCUT2D eigenvalue weighted by Crippen LogP contribution is 2.56. The molecule has 1 aromatic rings. The van der Waals surface area contributed by atoms with Crippen LogP contribution in [0.3, 0.4) is 0 Å². The minimum atomic E-state index is -0.617. The predicted octanol–water partition coefficient (Wildman–Crippen LogP) is 3.25. The van der Waals surface area contributed by atoms with Gasteiger partial charge in [-0.25, -0.2) is 0 Å². The summed E-state index contributed by atoms with van der Waals surface area (Å²) in [6, 6.07) is 6.41. The van der Waals surface area contributed by atoms with E-state index in [4.69, 9.17) is 4.98 Å². The highest BCUT2D eigenvalue weighted by Gasteiger charge is 2.56. The summed E-state index contributed by atoms with van der Waals surface area (Å²) >= 11 is 0. The summed E-state index contributed by atoms with van der Waals surface area (Å²) in [5, 5.41) is 9.83. The number of hydrogen-bond acceptors (Lipinski definition) is 3. The van der Waals surface area contributed by atoms with Crippen molar-refractivity contribution in [1.82, 2.24) is 9.88 Å². The van der Waals surface area contributed by atoms with E-state index in [-0.39, 0.29) is 17.2 Å². The average Bonchev–Trinajstić information content (AvgIpc) is 2.41. The van der Waals surface area contributed by atoms with Crippen LogP contribution < -0.4 is 0 Å². The van der Waals surface area contributed by atoms with Gasteiger partial charge in [-0.1, -0.05) is 26.8 Å². The largest absolute Gasteiger partial charge is 0.390 e. The van der Waals surface area contributed by atoms with Gasteiger partial charge in [-0.2, -0.15) is 0 Å². The van der Waals surface area contributed by atoms with Gasteiger partial charge in [0.2, 0.25) is 5.91 Å². The Balaban J connectivity index is 1.31. The summed E-state index contributed by atoms with van der Waals surface area (Å²) < 4.78 is 0. The standard InChI is InChI=1S/C21H30N2O2/c1-19(2,3)17-7-5-6-16(22-17)14-10-21(11-14)12-23(13-21)18(24)15-8-20(4,25)9-15/h5-7,14-15,25H,8-13H2,1-4H3/t15-,20+. The molecule has 2 aliphatic carbocycles. The van der Waals surface area contributed by atoms with E-state index in [0.29, 0.717) is 24.2 Å². The Morgan fingerprint density at radius 2 is 1.84 bits per heavy atom. The third-order valence-electron chi connectivity index (χ3n) is 6.40. The molecule has 4 nitrogen and oxygen atoms in total. The Morgan fingerprint density at radius 1 is 1.20 bits per heavy atom. The van der Waals surface area contributed by atoms with Crippen molar-refractivity contribution in [2.75, 3.05) is 13.1 Å². The van der Waals surface area contributed by atoms with Crippen molar-refractivity contribution in [3.63, 3.8) is 0 Å². The number of pyridine rings is 1. The molecule has 4 heteroatoms. The van der Waals surface area contributed by atoms with Crippen molar-refractivity contribution in [3.8, 4) is 0 Å². The molecule has 0 radical (unpaired) electrons. The fourth-order valence-electron chi connectivity index (χ4n) is 4.90. The molecule has 1 N–H and O–H groups in total. The van der Waals surface area contributed by atoms with Gasteiger partial charge in [-0.15, -0.1) is 0 Å². The second-order valence-electron chi connectivity index (χ2n) is 10.1. The molecule has 1 amide bonds. The molecule has 0 unspecified atom stereocenters. The lowest BCUT2D eigenvalue weighted by molar-refractivity contribution is -0.168. The molecule has 0 aromatic carbocycles. The minimum Gasteiger partial charge on any atom is -0.390 e. The van der Waals surface area contributed by atoms with Crippen LogP contribution in [0.2, 0.25) is 0 Å². The van der Waals surface area contributed by atoms with Crippen molar-refractivity contribution < 1.29 is 9.90 Å². The average molecular weight is 342 g/mol. The SMILES string of the molecule is CC(C)(C)c1cccc(C2CC3(C2)CN(C(=O)[C@H]2C[C@@](C)(O)C2)C3)n1. The number of amides is 1. The number of aromatic nitrogens is 1. The van der Waals surface area contributed by atoms with Crippen LogP contribution in [0.1, 0.15) is 70.7 Å². The zero-order chi connectivity index (χ0) is 18.0. The van der Waals surface area contributed by atoms with Gasteiger partial charge in [-0.05, 0) is 44.7 Å². The molecule has 2 heterocycles. The second kappa shape index (κ2) is 5.29. The molecule has 136 valence electrons. The first kappa shape index (κ1) is 17.0. The molecule has 4 rings (SSSR count). The van der Waals surface area contributed by atoms with Crippen molar-refractivity contribution in [1.29, 1.82) is 0 Å². The van der Waals surface area contributed by atoms with Gasteiger partial charge in [0.15, 0.2) is 0 Å². The summed E-state index contributed by atoms with van der Waals surface area (Å²) in [7, 11) is 0. The molecule has 2 saturated carbocycles. The van der Waals surface area contributed by atoms with Crippen LogP contribution in [0.25, 0.3) is 0 Å². The maximum absolute atomic E-state index is 12.4. The molecular weight excluding hydrogens is 312 g/mol. The summed E-state index contributed by atoms with van der Waals surface area (Å²) in [6.45, 7) is 10.2. The van der Waals surface area contributed by atoms with Gasteiger partial charge in [0, 0.05) is 47.1 Å². The Hall–Kier alpha value is -1.42. The fraction of sp³-hybridized carbons (Fsp3) is 0.714. The highest BCUT2D eigenvalue weighted by molar-refractivity contribution is 5.81. The predicted molar refractivity (Wildman–Crippen MR) is 97.3 cm³/mol. The van der Waals surface area contributed by atoms with E-state index < -0.39 is 5.60 Å². The van der Waals surface area contributed by atoms with Gasteiger partial charge >= 0.3 is 0 Å². The topological polar surface area (TPSA) is 53.4 Å². The van der Waals surface area contributed by atoms with Gasteiger partial charge in [0.1, 0.15) is 0 Å². The van der Waals surface area contributed by atoms with Crippen LogP contribution in [-0.4, -0.2) is 39.6 Å². The van der Waals surface area contributed by atoms with E-state index in [0.717, 1.165) is 31.6 Å². The molecule has 1 spiro atoms. The van der Waals surface area contributed by atoms with Gasteiger partial charge < -0.3 is 10.0 Å². The normalized spacial score (nSPS) is 31.2. The molecule has 3 aliphatic rings. The van der Waals surface area contributed by atoms with Crippen LogP contribution in [0.15, 0.2) is 18.2 Å². The maximum atomic E-state index is 12.4. The van der Waals surface area contributed by atoms with Crippen molar-refractivity contribution >= 4 is 5.91 Å². The van der Waals surface area contributed by atoms with Crippen LogP contribution in [0.4, 0.5) is 0 Å². The van der Waals surface area contributed by atoms with Gasteiger partial charge in [0.05, 0.1) is 5.60 Å². The second-order valence-corrected chi connectivity index (χ2v) is 10.1. The van der Waals surface area contributed by atoms with Crippen LogP contribution in [0.5, 0.6) is 0 Å². The van der Waals surface area contributed by atoms with Crippen LogP contribution >= 0.6 is 0 Å². The third kappa shape index (κ3) is 2.99. The monoisotopic (exact) mass is 342 g/mol. The van der Waals surface area contributed by atoms with Gasteiger partial charge in [-0.3, -0.25) is 9.78 Å². The van der Waals surface area contributed by atoms with E-state index >= 15 is 0 Å². The highest BCUT2D eigenvalue weighted by atomic mass is 16.3. The molecule has 3 fully saturated rings. The Kier molecular flexibility index (Phi) is 3.60. The zero-order valence-corrected chi connectivity index (χ0v) is 15.9. The molecule has 0 atom stereocenters. The zero-order valence-electron chi connectivity index (χ0n) is 15.9. The third-order valence-corrected chi connectivity index (χ3v) is 6.40. The number of carbonyl (C=O) groups is 1. The number of aliphatic hydroxyl groups is 1. The Labute approximate surface area is 150 Å². The molecule has 1 saturated heterocycles. The molecular formula is C21H30N2O2. The minimum absolute atomic E-state index is 0.0494. The first-order valence-electron chi connectivity index (χ1n) is 9.56. The van der Waals surface area contributed by atoms with Gasteiger partial charge in [0.25, 0.3) is 0 Å². The van der Waals surface area contributed by atoms with E-state index in [9.17, 15) is 9.90 Å².